The van der Waals surface area contributed by atoms with Crippen LogP contribution in [0.4, 0.5) is 0 Å². The van der Waals surface area contributed by atoms with Crippen LogP contribution in [-0.2, 0) is 10.8 Å². The molecule has 0 N–H and O–H groups in total. The molecule has 0 aliphatic carbocycles. The number of allylic oxidation sites excluding steroid dienone is 1. The van der Waals surface area contributed by atoms with Gasteiger partial charge in [0.15, 0.2) is 8.32 Å². The van der Waals surface area contributed by atoms with Crippen LogP contribution in [0.5, 0.6) is 0 Å². The standard InChI is InChI=1S/C19H34OSSi/c1-7-8-9-12-17(20-22(5,6)19(2,3)4)13-10-14-18-15-11-16-21-18/h10-11,13,15-17H,7-9,12,14H2,1-6H3/b13-10+. The van der Waals surface area contributed by atoms with Gasteiger partial charge in [0.1, 0.15) is 0 Å². The Morgan fingerprint density at radius 1 is 1.27 bits per heavy atom. The minimum atomic E-state index is -1.69. The van der Waals surface area contributed by atoms with Gasteiger partial charge in [-0.15, -0.1) is 11.3 Å². The van der Waals surface area contributed by atoms with E-state index in [2.05, 4.69) is 70.5 Å². The normalized spacial score (nSPS) is 14.6. The van der Waals surface area contributed by atoms with Crippen molar-refractivity contribution in [3.8, 4) is 0 Å². The molecule has 0 aliphatic rings. The minimum Gasteiger partial charge on any atom is -0.411 e. The van der Waals surface area contributed by atoms with Gasteiger partial charge in [-0.25, -0.2) is 0 Å². The molecule has 0 aliphatic heterocycles. The second-order valence-electron chi connectivity index (χ2n) is 7.62. The fraction of sp³-hybridized carbons (Fsp3) is 0.684. The maximum absolute atomic E-state index is 6.62. The van der Waals surface area contributed by atoms with Crippen molar-refractivity contribution in [2.45, 2.75) is 84.0 Å². The van der Waals surface area contributed by atoms with E-state index >= 15 is 0 Å². The molecule has 3 heteroatoms. The van der Waals surface area contributed by atoms with E-state index in [9.17, 15) is 0 Å². The second kappa shape index (κ2) is 9.04. The van der Waals surface area contributed by atoms with Gasteiger partial charge >= 0.3 is 0 Å². The lowest BCUT2D eigenvalue weighted by molar-refractivity contribution is 0.211. The Bertz CT molecular complexity index is 429. The Kier molecular flexibility index (Phi) is 8.08. The van der Waals surface area contributed by atoms with E-state index in [0.717, 1.165) is 12.8 Å². The van der Waals surface area contributed by atoms with Gasteiger partial charge in [0.05, 0.1) is 6.10 Å². The average Bonchev–Trinajstić information content (AvgIpc) is 2.90. The van der Waals surface area contributed by atoms with Crippen molar-refractivity contribution in [1.29, 1.82) is 0 Å². The highest BCUT2D eigenvalue weighted by Gasteiger charge is 2.38. The lowest BCUT2D eigenvalue weighted by Crippen LogP contribution is -2.43. The maximum Gasteiger partial charge on any atom is 0.192 e. The van der Waals surface area contributed by atoms with Crippen LogP contribution in [-0.4, -0.2) is 14.4 Å². The molecule has 0 aromatic carbocycles. The SMILES string of the molecule is CCCCCC(/C=C/Cc1cccs1)O[Si](C)(C)C(C)(C)C. The van der Waals surface area contributed by atoms with Crippen molar-refractivity contribution in [2.24, 2.45) is 0 Å². The molecule has 1 rings (SSSR count). The van der Waals surface area contributed by atoms with E-state index in [4.69, 9.17) is 4.43 Å². The first-order chi connectivity index (χ1) is 10.3. The molecule has 1 nitrogen and oxygen atoms in total. The topological polar surface area (TPSA) is 9.23 Å². The van der Waals surface area contributed by atoms with Gasteiger partial charge in [0.25, 0.3) is 0 Å². The Morgan fingerprint density at radius 3 is 2.55 bits per heavy atom. The van der Waals surface area contributed by atoms with E-state index < -0.39 is 8.32 Å². The molecular formula is C19H34OSSi. The van der Waals surface area contributed by atoms with Crippen LogP contribution in [0, 0.1) is 0 Å². The number of rotatable bonds is 9. The zero-order valence-corrected chi connectivity index (χ0v) is 17.1. The molecule has 0 amide bonds. The highest BCUT2D eigenvalue weighted by Crippen LogP contribution is 2.38. The zero-order valence-electron chi connectivity index (χ0n) is 15.3. The van der Waals surface area contributed by atoms with Crippen molar-refractivity contribution >= 4 is 19.7 Å². The first kappa shape index (κ1) is 19.7. The Balaban J connectivity index is 2.64. The predicted octanol–water partition coefficient (Wildman–Crippen LogP) is 6.82. The maximum atomic E-state index is 6.62. The summed E-state index contributed by atoms with van der Waals surface area (Å²) in [5.74, 6) is 0. The van der Waals surface area contributed by atoms with Crippen LogP contribution < -0.4 is 0 Å². The molecule has 0 fully saturated rings. The summed E-state index contributed by atoms with van der Waals surface area (Å²) in [6, 6.07) is 4.33. The second-order valence-corrected chi connectivity index (χ2v) is 13.4. The molecule has 126 valence electrons. The van der Waals surface area contributed by atoms with Crippen LogP contribution in [0.3, 0.4) is 0 Å². The number of thiophene rings is 1. The summed E-state index contributed by atoms with van der Waals surface area (Å²) in [4.78, 5) is 1.43. The quantitative estimate of drug-likeness (QED) is 0.273. The molecule has 0 saturated heterocycles. The van der Waals surface area contributed by atoms with Gasteiger partial charge in [0.2, 0.25) is 0 Å². The lowest BCUT2D eigenvalue weighted by atomic mass is 10.1. The van der Waals surface area contributed by atoms with E-state index in [1.54, 1.807) is 0 Å². The molecular weight excluding hydrogens is 304 g/mol. The van der Waals surface area contributed by atoms with Gasteiger partial charge in [-0.1, -0.05) is 65.2 Å². The van der Waals surface area contributed by atoms with Crippen LogP contribution in [0.1, 0.15) is 58.3 Å². The monoisotopic (exact) mass is 338 g/mol. The summed E-state index contributed by atoms with van der Waals surface area (Å²) in [7, 11) is -1.69. The molecule has 0 bridgehead atoms. The highest BCUT2D eigenvalue weighted by molar-refractivity contribution is 7.09. The van der Waals surface area contributed by atoms with Gasteiger partial charge in [0, 0.05) is 4.88 Å². The van der Waals surface area contributed by atoms with Crippen LogP contribution >= 0.6 is 11.3 Å². The van der Waals surface area contributed by atoms with Gasteiger partial charge in [-0.2, -0.15) is 0 Å². The van der Waals surface area contributed by atoms with Crippen molar-refractivity contribution in [3.05, 3.63) is 34.5 Å². The largest absolute Gasteiger partial charge is 0.411 e. The molecule has 1 atom stereocenters. The van der Waals surface area contributed by atoms with E-state index in [1.165, 1.54) is 24.1 Å². The molecule has 0 radical (unpaired) electrons. The number of hydrogen-bond acceptors (Lipinski definition) is 2. The Hall–Kier alpha value is -0.383. The molecule has 1 aromatic heterocycles. The van der Waals surface area contributed by atoms with Crippen LogP contribution in [0.15, 0.2) is 29.7 Å². The summed E-state index contributed by atoms with van der Waals surface area (Å²) in [6.45, 7) is 13.9. The van der Waals surface area contributed by atoms with Crippen molar-refractivity contribution in [3.63, 3.8) is 0 Å². The third-order valence-electron chi connectivity index (χ3n) is 4.59. The van der Waals surface area contributed by atoms with Gasteiger partial charge < -0.3 is 4.43 Å². The highest BCUT2D eigenvalue weighted by atomic mass is 32.1. The third-order valence-corrected chi connectivity index (χ3v) is 10.00. The van der Waals surface area contributed by atoms with E-state index in [1.807, 2.05) is 11.3 Å². The summed E-state index contributed by atoms with van der Waals surface area (Å²) in [5.41, 5.74) is 0. The van der Waals surface area contributed by atoms with Gasteiger partial charge in [-0.05, 0) is 42.4 Å². The molecule has 0 saturated carbocycles. The molecule has 1 unspecified atom stereocenters. The number of hydrogen-bond donors (Lipinski definition) is 0. The fourth-order valence-electron chi connectivity index (χ4n) is 2.11. The molecule has 0 spiro atoms. The summed E-state index contributed by atoms with van der Waals surface area (Å²) in [5, 5.41) is 2.42. The van der Waals surface area contributed by atoms with E-state index in [-0.39, 0.29) is 11.1 Å². The van der Waals surface area contributed by atoms with Crippen molar-refractivity contribution in [1.82, 2.24) is 0 Å². The molecule has 22 heavy (non-hydrogen) atoms. The fourth-order valence-corrected chi connectivity index (χ4v) is 4.10. The van der Waals surface area contributed by atoms with Crippen LogP contribution in [0.25, 0.3) is 0 Å². The zero-order chi connectivity index (χ0) is 16.6. The summed E-state index contributed by atoms with van der Waals surface area (Å²) < 4.78 is 6.62. The summed E-state index contributed by atoms with van der Waals surface area (Å²) in [6.07, 6.45) is 10.9. The Labute approximate surface area is 142 Å². The van der Waals surface area contributed by atoms with Gasteiger partial charge in [-0.3, -0.25) is 0 Å². The smallest absolute Gasteiger partial charge is 0.192 e. The predicted molar refractivity (Wildman–Crippen MR) is 103 cm³/mol. The minimum absolute atomic E-state index is 0.275. The van der Waals surface area contributed by atoms with Crippen molar-refractivity contribution in [2.75, 3.05) is 0 Å². The first-order valence-electron chi connectivity index (χ1n) is 8.63. The molecule has 1 aromatic rings. The van der Waals surface area contributed by atoms with E-state index in [0.29, 0.717) is 0 Å². The first-order valence-corrected chi connectivity index (χ1v) is 12.4. The average molecular weight is 339 g/mol. The number of unbranched alkanes of at least 4 members (excludes halogenated alkanes) is 2. The Morgan fingerprint density at radius 2 is 2.00 bits per heavy atom. The third kappa shape index (κ3) is 6.80. The lowest BCUT2D eigenvalue weighted by Gasteiger charge is -2.38. The summed E-state index contributed by atoms with van der Waals surface area (Å²) >= 11 is 1.83. The van der Waals surface area contributed by atoms with Crippen molar-refractivity contribution < 1.29 is 4.43 Å². The van der Waals surface area contributed by atoms with Crippen LogP contribution in [0.2, 0.25) is 18.1 Å². The molecule has 1 heterocycles.